The van der Waals surface area contributed by atoms with Crippen LogP contribution in [0.25, 0.3) is 5.57 Å². The van der Waals surface area contributed by atoms with E-state index in [4.69, 9.17) is 4.74 Å². The van der Waals surface area contributed by atoms with E-state index in [0.29, 0.717) is 24.4 Å². The number of imide groups is 1. The molecule has 0 radical (unpaired) electrons. The summed E-state index contributed by atoms with van der Waals surface area (Å²) in [6.07, 6.45) is 1.59. The average molecular weight is 340 g/mol. The lowest BCUT2D eigenvalue weighted by molar-refractivity contribution is -0.137. The van der Waals surface area contributed by atoms with E-state index >= 15 is 0 Å². The van der Waals surface area contributed by atoms with Crippen molar-refractivity contribution in [1.29, 1.82) is 0 Å². The van der Waals surface area contributed by atoms with Gasteiger partial charge in [-0.15, -0.1) is 6.58 Å². The number of rotatable bonds is 4. The van der Waals surface area contributed by atoms with E-state index in [1.54, 1.807) is 6.08 Å². The van der Waals surface area contributed by atoms with E-state index in [-0.39, 0.29) is 30.6 Å². The van der Waals surface area contributed by atoms with Crippen molar-refractivity contribution in [1.82, 2.24) is 9.80 Å². The van der Waals surface area contributed by atoms with Gasteiger partial charge in [0.15, 0.2) is 0 Å². The number of benzene rings is 1. The third kappa shape index (κ3) is 3.24. The number of aryl methyl sites for hydroxylation is 1. The maximum Gasteiger partial charge on any atom is 0.278 e. The molecule has 1 saturated heterocycles. The third-order valence-corrected chi connectivity index (χ3v) is 4.53. The van der Waals surface area contributed by atoms with Crippen molar-refractivity contribution in [3.05, 3.63) is 53.7 Å². The Labute approximate surface area is 148 Å². The fourth-order valence-corrected chi connectivity index (χ4v) is 3.49. The Morgan fingerprint density at radius 1 is 1.12 bits per heavy atom. The number of carbonyl (C=O) groups is 2. The van der Waals surface area contributed by atoms with Crippen LogP contribution in [0, 0.1) is 6.92 Å². The normalized spacial score (nSPS) is 24.3. The molecule has 132 valence electrons. The van der Waals surface area contributed by atoms with Gasteiger partial charge in [-0.3, -0.25) is 14.5 Å². The fourth-order valence-electron chi connectivity index (χ4n) is 3.49. The van der Waals surface area contributed by atoms with Gasteiger partial charge < -0.3 is 9.64 Å². The summed E-state index contributed by atoms with van der Waals surface area (Å²) in [7, 11) is 0. The molecule has 2 unspecified atom stereocenters. The number of ether oxygens (including phenoxy) is 1. The lowest BCUT2D eigenvalue weighted by Crippen LogP contribution is -2.47. The molecule has 1 aromatic rings. The van der Waals surface area contributed by atoms with Crippen LogP contribution in [0.5, 0.6) is 0 Å². The summed E-state index contributed by atoms with van der Waals surface area (Å²) in [5, 5.41) is 0. The van der Waals surface area contributed by atoms with Crippen LogP contribution in [-0.2, 0) is 14.3 Å². The Morgan fingerprint density at radius 3 is 2.28 bits per heavy atom. The maximum absolute atomic E-state index is 13.0. The first-order valence-corrected chi connectivity index (χ1v) is 8.61. The van der Waals surface area contributed by atoms with E-state index in [1.165, 1.54) is 4.90 Å². The summed E-state index contributed by atoms with van der Waals surface area (Å²) in [5.41, 5.74) is 2.85. The van der Waals surface area contributed by atoms with E-state index in [2.05, 4.69) is 6.58 Å². The highest BCUT2D eigenvalue weighted by atomic mass is 16.5. The highest BCUT2D eigenvalue weighted by Crippen LogP contribution is 2.33. The van der Waals surface area contributed by atoms with Gasteiger partial charge >= 0.3 is 0 Å². The van der Waals surface area contributed by atoms with Crippen LogP contribution >= 0.6 is 0 Å². The standard InChI is InChI=1S/C20H24N2O3/c1-5-10-22-19(23)17(16-8-6-13(2)7-9-16)18(20(22)24)21-11-14(3)25-15(4)12-21/h5-9,14-15H,1,10-12H2,2-4H3. The highest BCUT2D eigenvalue weighted by molar-refractivity contribution is 6.35. The molecule has 2 aliphatic rings. The fraction of sp³-hybridized carbons (Fsp3) is 0.400. The van der Waals surface area contributed by atoms with Crippen LogP contribution in [0.2, 0.25) is 0 Å². The van der Waals surface area contributed by atoms with E-state index < -0.39 is 0 Å². The first-order chi connectivity index (χ1) is 11.9. The second-order valence-corrected chi connectivity index (χ2v) is 6.76. The van der Waals surface area contributed by atoms with Crippen molar-refractivity contribution >= 4 is 17.4 Å². The predicted molar refractivity (Wildman–Crippen MR) is 96.6 cm³/mol. The SMILES string of the molecule is C=CCN1C(=O)C(c2ccc(C)cc2)=C(N2CC(C)OC(C)C2)C1=O. The lowest BCUT2D eigenvalue weighted by atomic mass is 10.0. The van der Waals surface area contributed by atoms with Crippen LogP contribution in [0.15, 0.2) is 42.6 Å². The molecule has 3 rings (SSSR count). The van der Waals surface area contributed by atoms with Crippen molar-refractivity contribution in [2.75, 3.05) is 19.6 Å². The zero-order chi connectivity index (χ0) is 18.1. The van der Waals surface area contributed by atoms with Crippen LogP contribution in [0.4, 0.5) is 0 Å². The lowest BCUT2D eigenvalue weighted by Gasteiger charge is -2.37. The number of amides is 2. The molecule has 2 amide bonds. The minimum Gasteiger partial charge on any atom is -0.372 e. The number of hydrogen-bond acceptors (Lipinski definition) is 4. The number of carbonyl (C=O) groups excluding carboxylic acids is 2. The highest BCUT2D eigenvalue weighted by Gasteiger charge is 2.42. The summed E-state index contributed by atoms with van der Waals surface area (Å²) < 4.78 is 5.78. The summed E-state index contributed by atoms with van der Waals surface area (Å²) >= 11 is 0. The molecule has 0 aliphatic carbocycles. The summed E-state index contributed by atoms with van der Waals surface area (Å²) in [6, 6.07) is 7.72. The molecule has 5 nitrogen and oxygen atoms in total. The first-order valence-electron chi connectivity index (χ1n) is 8.61. The average Bonchev–Trinajstić information content (AvgIpc) is 2.80. The summed E-state index contributed by atoms with van der Waals surface area (Å²) in [6.45, 7) is 11.0. The van der Waals surface area contributed by atoms with Crippen molar-refractivity contribution in [2.24, 2.45) is 0 Å². The van der Waals surface area contributed by atoms with Gasteiger partial charge in [0.2, 0.25) is 0 Å². The van der Waals surface area contributed by atoms with Gasteiger partial charge in [0.1, 0.15) is 5.70 Å². The van der Waals surface area contributed by atoms with Crippen LogP contribution in [-0.4, -0.2) is 53.5 Å². The van der Waals surface area contributed by atoms with Gasteiger partial charge in [0.25, 0.3) is 11.8 Å². The molecule has 1 fully saturated rings. The van der Waals surface area contributed by atoms with Crippen molar-refractivity contribution in [3.63, 3.8) is 0 Å². The largest absolute Gasteiger partial charge is 0.372 e. The van der Waals surface area contributed by atoms with E-state index in [0.717, 1.165) is 11.1 Å². The van der Waals surface area contributed by atoms with Gasteiger partial charge in [0.05, 0.1) is 17.8 Å². The molecular formula is C20H24N2O3. The molecule has 0 spiro atoms. The van der Waals surface area contributed by atoms with E-state index in [1.807, 2.05) is 49.9 Å². The molecule has 0 aromatic heterocycles. The minimum absolute atomic E-state index is 0.00636. The molecule has 2 aliphatic heterocycles. The number of morpholine rings is 1. The Kier molecular flexibility index (Phi) is 4.77. The first kappa shape index (κ1) is 17.4. The molecule has 1 aromatic carbocycles. The monoisotopic (exact) mass is 340 g/mol. The molecule has 5 heteroatoms. The second-order valence-electron chi connectivity index (χ2n) is 6.76. The third-order valence-electron chi connectivity index (χ3n) is 4.53. The van der Waals surface area contributed by atoms with Gasteiger partial charge in [0, 0.05) is 19.6 Å². The Bertz CT molecular complexity index is 726. The molecule has 2 atom stereocenters. The van der Waals surface area contributed by atoms with E-state index in [9.17, 15) is 9.59 Å². The molecule has 0 bridgehead atoms. The van der Waals surface area contributed by atoms with Crippen molar-refractivity contribution < 1.29 is 14.3 Å². The summed E-state index contributed by atoms with van der Waals surface area (Å²) in [5.74, 6) is -0.502. The zero-order valence-electron chi connectivity index (χ0n) is 15.0. The molecule has 2 heterocycles. The van der Waals surface area contributed by atoms with Crippen LogP contribution < -0.4 is 0 Å². The second kappa shape index (κ2) is 6.84. The van der Waals surface area contributed by atoms with Crippen molar-refractivity contribution in [3.8, 4) is 0 Å². The zero-order valence-corrected chi connectivity index (χ0v) is 15.0. The van der Waals surface area contributed by atoms with Crippen LogP contribution in [0.1, 0.15) is 25.0 Å². The Morgan fingerprint density at radius 2 is 1.72 bits per heavy atom. The molecule has 25 heavy (non-hydrogen) atoms. The smallest absolute Gasteiger partial charge is 0.278 e. The van der Waals surface area contributed by atoms with Gasteiger partial charge in [-0.25, -0.2) is 0 Å². The Balaban J connectivity index is 2.09. The Hall–Kier alpha value is -2.40. The van der Waals surface area contributed by atoms with Gasteiger partial charge in [-0.2, -0.15) is 0 Å². The quantitative estimate of drug-likeness (QED) is 0.624. The predicted octanol–water partition coefficient (Wildman–Crippen LogP) is 2.37. The molecular weight excluding hydrogens is 316 g/mol. The number of nitrogens with zero attached hydrogens (tertiary/aromatic N) is 2. The van der Waals surface area contributed by atoms with Crippen molar-refractivity contribution in [2.45, 2.75) is 33.0 Å². The maximum atomic E-state index is 13.0. The number of hydrogen-bond donors (Lipinski definition) is 0. The van der Waals surface area contributed by atoms with Gasteiger partial charge in [-0.1, -0.05) is 35.9 Å². The topological polar surface area (TPSA) is 49.9 Å². The van der Waals surface area contributed by atoms with Gasteiger partial charge in [-0.05, 0) is 26.3 Å². The minimum atomic E-state index is -0.254. The van der Waals surface area contributed by atoms with Crippen LogP contribution in [0.3, 0.4) is 0 Å². The molecule has 0 saturated carbocycles. The molecule has 0 N–H and O–H groups in total. The summed E-state index contributed by atoms with van der Waals surface area (Å²) in [4.78, 5) is 29.2.